The van der Waals surface area contributed by atoms with Gasteiger partial charge in [0, 0.05) is 37.2 Å². The largest absolute Gasteiger partial charge is 0.352 e. The van der Waals surface area contributed by atoms with Crippen molar-refractivity contribution in [2.45, 2.75) is 52.5 Å². The van der Waals surface area contributed by atoms with Gasteiger partial charge in [-0.3, -0.25) is 19.6 Å². The first-order valence-electron chi connectivity index (χ1n) is 10.5. The Kier molecular flexibility index (Phi) is 9.21. The Morgan fingerprint density at radius 2 is 1.61 bits per heavy atom. The molecule has 1 unspecified atom stereocenters. The van der Waals surface area contributed by atoms with E-state index in [0.717, 1.165) is 16.8 Å². The fourth-order valence-corrected chi connectivity index (χ4v) is 3.77. The van der Waals surface area contributed by atoms with Crippen LogP contribution in [0.3, 0.4) is 0 Å². The third-order valence-corrected chi connectivity index (χ3v) is 5.25. The SMILES string of the molecule is CC(=O)N(c1c(C)cccc1C)C(CCCNC(=O)c1ccccc1)CCC(=O)NO. The third kappa shape index (κ3) is 6.93. The first-order valence-corrected chi connectivity index (χ1v) is 10.5. The normalized spacial score (nSPS) is 11.5. The maximum absolute atomic E-state index is 12.6. The summed E-state index contributed by atoms with van der Waals surface area (Å²) >= 11 is 0. The van der Waals surface area contributed by atoms with Gasteiger partial charge >= 0.3 is 0 Å². The van der Waals surface area contributed by atoms with Crippen LogP contribution in [0.5, 0.6) is 0 Å². The number of nitrogens with zero attached hydrogens (tertiary/aromatic N) is 1. The standard InChI is InChI=1S/C24H31N3O4/c1-17-9-7-10-18(2)23(17)27(19(3)28)21(14-15-22(29)26-31)13-8-16-25-24(30)20-11-5-4-6-12-20/h4-7,9-12,21,31H,8,13-16H2,1-3H3,(H,25,30)(H,26,29). The minimum absolute atomic E-state index is 0.0895. The first kappa shape index (κ1) is 24.1. The molecule has 0 spiro atoms. The van der Waals surface area contributed by atoms with E-state index in [1.54, 1.807) is 22.5 Å². The predicted octanol–water partition coefficient (Wildman–Crippen LogP) is 3.52. The number of benzene rings is 2. The van der Waals surface area contributed by atoms with Crippen LogP contribution in [0.4, 0.5) is 5.69 Å². The van der Waals surface area contributed by atoms with Crippen LogP contribution in [0.15, 0.2) is 48.5 Å². The number of aryl methyl sites for hydroxylation is 2. The molecule has 0 fully saturated rings. The number of anilines is 1. The highest BCUT2D eigenvalue weighted by Crippen LogP contribution is 2.29. The molecule has 2 aromatic carbocycles. The molecule has 0 aromatic heterocycles. The third-order valence-electron chi connectivity index (χ3n) is 5.25. The van der Waals surface area contributed by atoms with Crippen molar-refractivity contribution in [1.82, 2.24) is 10.8 Å². The summed E-state index contributed by atoms with van der Waals surface area (Å²) in [6.07, 6.45) is 1.72. The van der Waals surface area contributed by atoms with E-state index in [-0.39, 0.29) is 24.3 Å². The second-order valence-electron chi connectivity index (χ2n) is 7.62. The van der Waals surface area contributed by atoms with Crippen molar-refractivity contribution in [2.75, 3.05) is 11.4 Å². The van der Waals surface area contributed by atoms with Gasteiger partial charge in [-0.1, -0.05) is 36.4 Å². The molecule has 2 rings (SSSR count). The summed E-state index contributed by atoms with van der Waals surface area (Å²) in [6.45, 7) is 5.88. The summed E-state index contributed by atoms with van der Waals surface area (Å²) in [4.78, 5) is 38.3. The molecule has 7 nitrogen and oxygen atoms in total. The van der Waals surface area contributed by atoms with Gasteiger partial charge in [-0.05, 0) is 56.4 Å². The molecule has 0 bridgehead atoms. The van der Waals surface area contributed by atoms with Crippen molar-refractivity contribution in [3.63, 3.8) is 0 Å². The van der Waals surface area contributed by atoms with Crippen LogP contribution in [0.1, 0.15) is 54.1 Å². The Morgan fingerprint density at radius 1 is 0.968 bits per heavy atom. The molecule has 0 aliphatic heterocycles. The van der Waals surface area contributed by atoms with Gasteiger partial charge in [-0.2, -0.15) is 0 Å². The minimum Gasteiger partial charge on any atom is -0.352 e. The van der Waals surface area contributed by atoms with Crippen LogP contribution in [-0.4, -0.2) is 35.5 Å². The summed E-state index contributed by atoms with van der Waals surface area (Å²) in [7, 11) is 0. The van der Waals surface area contributed by atoms with E-state index in [9.17, 15) is 14.4 Å². The molecular formula is C24H31N3O4. The lowest BCUT2D eigenvalue weighted by Crippen LogP contribution is -2.41. The Balaban J connectivity index is 2.12. The van der Waals surface area contributed by atoms with Gasteiger partial charge in [-0.25, -0.2) is 5.48 Å². The number of carbonyl (C=O) groups is 3. The van der Waals surface area contributed by atoms with Gasteiger partial charge in [0.2, 0.25) is 11.8 Å². The Bertz CT molecular complexity index is 879. The fraction of sp³-hybridized carbons (Fsp3) is 0.375. The molecule has 0 saturated heterocycles. The number of hydrogen-bond donors (Lipinski definition) is 3. The molecular weight excluding hydrogens is 394 g/mol. The average molecular weight is 426 g/mol. The smallest absolute Gasteiger partial charge is 0.251 e. The van der Waals surface area contributed by atoms with Crippen LogP contribution in [0, 0.1) is 13.8 Å². The molecule has 3 amide bonds. The van der Waals surface area contributed by atoms with E-state index in [1.165, 1.54) is 6.92 Å². The number of amides is 3. The summed E-state index contributed by atoms with van der Waals surface area (Å²) < 4.78 is 0. The summed E-state index contributed by atoms with van der Waals surface area (Å²) in [5.41, 5.74) is 5.05. The van der Waals surface area contributed by atoms with E-state index in [1.807, 2.05) is 50.2 Å². The van der Waals surface area contributed by atoms with Crippen molar-refractivity contribution in [2.24, 2.45) is 0 Å². The Labute approximate surface area is 183 Å². The highest BCUT2D eigenvalue weighted by molar-refractivity contribution is 5.94. The summed E-state index contributed by atoms with van der Waals surface area (Å²) in [6, 6.07) is 14.6. The van der Waals surface area contributed by atoms with E-state index >= 15 is 0 Å². The zero-order chi connectivity index (χ0) is 22.8. The average Bonchev–Trinajstić information content (AvgIpc) is 2.76. The molecule has 166 valence electrons. The molecule has 31 heavy (non-hydrogen) atoms. The maximum atomic E-state index is 12.6. The molecule has 0 aliphatic rings. The highest BCUT2D eigenvalue weighted by Gasteiger charge is 2.25. The maximum Gasteiger partial charge on any atom is 0.251 e. The predicted molar refractivity (Wildman–Crippen MR) is 120 cm³/mol. The lowest BCUT2D eigenvalue weighted by Gasteiger charge is -2.33. The molecule has 7 heteroatoms. The van der Waals surface area contributed by atoms with Crippen molar-refractivity contribution >= 4 is 23.4 Å². The quantitative estimate of drug-likeness (QED) is 0.308. The second-order valence-corrected chi connectivity index (χ2v) is 7.62. The van der Waals surface area contributed by atoms with Crippen LogP contribution in [0.2, 0.25) is 0 Å². The van der Waals surface area contributed by atoms with E-state index < -0.39 is 5.91 Å². The number of carbonyl (C=O) groups excluding carboxylic acids is 3. The van der Waals surface area contributed by atoms with Gasteiger partial charge in [0.25, 0.3) is 5.91 Å². The fourth-order valence-electron chi connectivity index (χ4n) is 3.77. The van der Waals surface area contributed by atoms with Crippen molar-refractivity contribution < 1.29 is 19.6 Å². The summed E-state index contributed by atoms with van der Waals surface area (Å²) in [5.74, 6) is -0.748. The van der Waals surface area contributed by atoms with Crippen molar-refractivity contribution in [3.05, 3.63) is 65.2 Å². The molecule has 0 aliphatic carbocycles. The molecule has 0 heterocycles. The molecule has 0 saturated carbocycles. The van der Waals surface area contributed by atoms with E-state index in [0.29, 0.717) is 31.4 Å². The van der Waals surface area contributed by atoms with Crippen LogP contribution >= 0.6 is 0 Å². The molecule has 1 atom stereocenters. The lowest BCUT2D eigenvalue weighted by molar-refractivity contribution is -0.129. The number of hydrogen-bond acceptors (Lipinski definition) is 4. The minimum atomic E-state index is -0.493. The van der Waals surface area contributed by atoms with Gasteiger partial charge in [-0.15, -0.1) is 0 Å². The zero-order valence-corrected chi connectivity index (χ0v) is 18.4. The highest BCUT2D eigenvalue weighted by atomic mass is 16.5. The van der Waals surface area contributed by atoms with Gasteiger partial charge in [0.1, 0.15) is 0 Å². The number of nitrogens with one attached hydrogen (secondary N) is 2. The van der Waals surface area contributed by atoms with Gasteiger partial charge < -0.3 is 10.2 Å². The molecule has 0 radical (unpaired) electrons. The topological polar surface area (TPSA) is 98.7 Å². The van der Waals surface area contributed by atoms with Crippen molar-refractivity contribution in [3.8, 4) is 0 Å². The van der Waals surface area contributed by atoms with Crippen LogP contribution in [0.25, 0.3) is 0 Å². The monoisotopic (exact) mass is 425 g/mol. The van der Waals surface area contributed by atoms with Crippen LogP contribution in [-0.2, 0) is 9.59 Å². The summed E-state index contributed by atoms with van der Waals surface area (Å²) in [5, 5.41) is 11.8. The van der Waals surface area contributed by atoms with E-state index in [2.05, 4.69) is 5.32 Å². The number of para-hydroxylation sites is 1. The Hall–Kier alpha value is -3.19. The van der Waals surface area contributed by atoms with Gasteiger partial charge in [0.15, 0.2) is 0 Å². The first-order chi connectivity index (χ1) is 14.8. The number of rotatable bonds is 10. The lowest BCUT2D eigenvalue weighted by atomic mass is 9.99. The van der Waals surface area contributed by atoms with E-state index in [4.69, 9.17) is 5.21 Å². The number of hydroxylamine groups is 1. The molecule has 3 N–H and O–H groups in total. The van der Waals surface area contributed by atoms with Gasteiger partial charge in [0.05, 0.1) is 0 Å². The molecule has 2 aromatic rings. The van der Waals surface area contributed by atoms with Crippen LogP contribution < -0.4 is 15.7 Å². The second kappa shape index (κ2) is 11.9. The zero-order valence-electron chi connectivity index (χ0n) is 18.4. The van der Waals surface area contributed by atoms with Crippen molar-refractivity contribution in [1.29, 1.82) is 0 Å². The Morgan fingerprint density at radius 3 is 2.19 bits per heavy atom.